The molecule has 0 aromatic carbocycles. The van der Waals surface area contributed by atoms with Crippen LogP contribution in [-0.2, 0) is 10.8 Å². The van der Waals surface area contributed by atoms with E-state index in [1.165, 1.54) is 11.3 Å². The molecule has 0 spiro atoms. The van der Waals surface area contributed by atoms with Gasteiger partial charge in [-0.3, -0.25) is 4.21 Å². The minimum atomic E-state index is -1.12. The van der Waals surface area contributed by atoms with E-state index in [2.05, 4.69) is 16.0 Å². The number of rotatable bonds is 1. The summed E-state index contributed by atoms with van der Waals surface area (Å²) in [4.78, 5) is 8.22. The molecule has 0 aliphatic rings. The Morgan fingerprint density at radius 1 is 1.60 bits per heavy atom. The second-order valence-electron chi connectivity index (χ2n) is 3.01. The molecule has 0 saturated carbocycles. The Bertz CT molecular complexity index is 597. The van der Waals surface area contributed by atoms with E-state index in [-0.39, 0.29) is 0 Å². The van der Waals surface area contributed by atoms with Crippen LogP contribution in [0.3, 0.4) is 0 Å². The van der Waals surface area contributed by atoms with Gasteiger partial charge in [-0.15, -0.1) is 11.3 Å². The topological polar surface area (TPSA) is 66.6 Å². The number of nitrogens with zero attached hydrogens (tertiary/aromatic N) is 3. The first-order chi connectivity index (χ1) is 7.13. The Kier molecular flexibility index (Phi) is 2.50. The van der Waals surface area contributed by atoms with E-state index in [1.807, 2.05) is 6.92 Å². The van der Waals surface area contributed by atoms with Gasteiger partial charge < -0.3 is 0 Å². The van der Waals surface area contributed by atoms with Crippen molar-refractivity contribution >= 4 is 32.5 Å². The van der Waals surface area contributed by atoms with Gasteiger partial charge in [-0.2, -0.15) is 5.26 Å². The van der Waals surface area contributed by atoms with Crippen LogP contribution in [0.15, 0.2) is 10.5 Å². The summed E-state index contributed by atoms with van der Waals surface area (Å²) in [5.41, 5.74) is 1.91. The molecule has 2 heterocycles. The van der Waals surface area contributed by atoms with E-state index < -0.39 is 10.8 Å². The van der Waals surface area contributed by atoms with Crippen molar-refractivity contribution in [2.75, 3.05) is 6.26 Å². The third-order valence-corrected chi connectivity index (χ3v) is 4.34. The van der Waals surface area contributed by atoms with Crippen molar-refractivity contribution in [3.05, 3.63) is 17.3 Å². The van der Waals surface area contributed by atoms with E-state index in [9.17, 15) is 4.21 Å². The van der Waals surface area contributed by atoms with Crippen LogP contribution in [0.25, 0.3) is 10.3 Å². The molecule has 6 heteroatoms. The Hall–Kier alpha value is -1.32. The van der Waals surface area contributed by atoms with E-state index in [0.29, 0.717) is 15.6 Å². The second-order valence-corrected chi connectivity index (χ2v) is 5.57. The maximum atomic E-state index is 11.2. The number of fused-ring (bicyclic) bond motifs is 1. The number of nitriles is 1. The largest absolute Gasteiger partial charge is 0.252 e. The molecule has 4 nitrogen and oxygen atoms in total. The number of hydrogen-bond donors (Lipinski definition) is 0. The highest BCUT2D eigenvalue weighted by atomic mass is 32.2. The number of aryl methyl sites for hydroxylation is 1. The van der Waals surface area contributed by atoms with E-state index in [0.717, 1.165) is 10.3 Å². The van der Waals surface area contributed by atoms with Crippen molar-refractivity contribution in [2.45, 2.75) is 11.3 Å². The zero-order chi connectivity index (χ0) is 11.0. The highest BCUT2D eigenvalue weighted by Gasteiger charge is 2.12. The lowest BCUT2D eigenvalue weighted by Gasteiger charge is -1.94. The van der Waals surface area contributed by atoms with E-state index in [4.69, 9.17) is 5.26 Å². The fourth-order valence-corrected chi connectivity index (χ4v) is 2.95. The normalized spacial score (nSPS) is 12.6. The molecule has 1 atom stereocenters. The molecular weight excluding hydrogens is 230 g/mol. The first-order valence-electron chi connectivity index (χ1n) is 4.13. The van der Waals surface area contributed by atoms with Crippen molar-refractivity contribution in [1.82, 2.24) is 9.97 Å². The summed E-state index contributed by atoms with van der Waals surface area (Å²) in [6, 6.07) is 2.12. The summed E-state index contributed by atoms with van der Waals surface area (Å²) in [6.07, 6.45) is 3.18. The minimum absolute atomic E-state index is 0.507. The lowest BCUT2D eigenvalue weighted by Crippen LogP contribution is -1.86. The minimum Gasteiger partial charge on any atom is -0.252 e. The Morgan fingerprint density at radius 2 is 2.33 bits per heavy atom. The van der Waals surface area contributed by atoms with Crippen LogP contribution in [0, 0.1) is 18.3 Å². The van der Waals surface area contributed by atoms with Gasteiger partial charge in [0.25, 0.3) is 0 Å². The number of aromatic nitrogens is 2. The molecule has 2 aromatic heterocycles. The molecule has 0 amide bonds. The predicted octanol–water partition coefficient (Wildman–Crippen LogP) is 1.61. The summed E-state index contributed by atoms with van der Waals surface area (Å²) in [5.74, 6) is 0. The Labute approximate surface area is 93.1 Å². The average molecular weight is 237 g/mol. The van der Waals surface area contributed by atoms with Gasteiger partial charge >= 0.3 is 0 Å². The predicted molar refractivity (Wildman–Crippen MR) is 59.2 cm³/mol. The van der Waals surface area contributed by atoms with Crippen molar-refractivity contribution < 1.29 is 4.21 Å². The standard InChI is InChI=1S/C9H7N3OS2/c1-5-4-11-8-7(6(5)3-10)14-9(12-8)15(2)13/h4H,1-2H3. The second kappa shape index (κ2) is 3.68. The highest BCUT2D eigenvalue weighted by molar-refractivity contribution is 7.86. The first kappa shape index (κ1) is 10.2. The van der Waals surface area contributed by atoms with Crippen molar-refractivity contribution in [1.29, 1.82) is 5.26 Å². The van der Waals surface area contributed by atoms with Crippen LogP contribution in [0.2, 0.25) is 0 Å². The van der Waals surface area contributed by atoms with Gasteiger partial charge in [-0.1, -0.05) is 0 Å². The molecule has 0 saturated heterocycles. The maximum absolute atomic E-state index is 11.2. The van der Waals surface area contributed by atoms with Crippen LogP contribution in [0.4, 0.5) is 0 Å². The molecule has 0 aliphatic heterocycles. The Morgan fingerprint density at radius 3 is 2.93 bits per heavy atom. The molecule has 0 bridgehead atoms. The molecule has 1 unspecified atom stereocenters. The zero-order valence-electron chi connectivity index (χ0n) is 8.14. The van der Waals surface area contributed by atoms with Gasteiger partial charge in [0, 0.05) is 12.5 Å². The van der Waals surface area contributed by atoms with Gasteiger partial charge in [-0.25, -0.2) is 9.97 Å². The number of pyridine rings is 1. The zero-order valence-corrected chi connectivity index (χ0v) is 9.78. The number of thiazole rings is 1. The summed E-state index contributed by atoms with van der Waals surface area (Å²) in [5, 5.41) is 8.99. The third-order valence-electron chi connectivity index (χ3n) is 1.95. The van der Waals surface area contributed by atoms with Crippen LogP contribution in [0.1, 0.15) is 11.1 Å². The van der Waals surface area contributed by atoms with Crippen LogP contribution < -0.4 is 0 Å². The molecule has 0 aliphatic carbocycles. The van der Waals surface area contributed by atoms with Gasteiger partial charge in [0.2, 0.25) is 0 Å². The highest BCUT2D eigenvalue weighted by Crippen LogP contribution is 2.27. The summed E-state index contributed by atoms with van der Waals surface area (Å²) in [7, 11) is -1.12. The molecular formula is C9H7N3OS2. The van der Waals surface area contributed by atoms with Crippen molar-refractivity contribution in [2.24, 2.45) is 0 Å². The molecule has 0 radical (unpaired) electrons. The van der Waals surface area contributed by atoms with Gasteiger partial charge in [0.05, 0.1) is 21.1 Å². The van der Waals surface area contributed by atoms with Crippen LogP contribution in [0.5, 0.6) is 0 Å². The van der Waals surface area contributed by atoms with Crippen LogP contribution >= 0.6 is 11.3 Å². The summed E-state index contributed by atoms with van der Waals surface area (Å²) < 4.78 is 12.5. The molecule has 0 N–H and O–H groups in total. The fraction of sp³-hybridized carbons (Fsp3) is 0.222. The van der Waals surface area contributed by atoms with Gasteiger partial charge in [0.1, 0.15) is 6.07 Å². The van der Waals surface area contributed by atoms with Crippen LogP contribution in [-0.4, -0.2) is 20.4 Å². The van der Waals surface area contributed by atoms with E-state index in [1.54, 1.807) is 12.5 Å². The van der Waals surface area contributed by atoms with Gasteiger partial charge in [-0.05, 0) is 12.5 Å². The van der Waals surface area contributed by atoms with Gasteiger partial charge in [0.15, 0.2) is 9.99 Å². The lowest BCUT2D eigenvalue weighted by molar-refractivity contribution is 0.686. The third kappa shape index (κ3) is 1.64. The maximum Gasteiger partial charge on any atom is 0.183 e. The summed E-state index contributed by atoms with van der Waals surface area (Å²) >= 11 is 1.27. The SMILES string of the molecule is Cc1cnc2nc(S(C)=O)sc2c1C#N. The summed E-state index contributed by atoms with van der Waals surface area (Å²) in [6.45, 7) is 1.83. The lowest BCUT2D eigenvalue weighted by atomic mass is 10.2. The van der Waals surface area contributed by atoms with Crippen molar-refractivity contribution in [3.63, 3.8) is 0 Å². The molecule has 15 heavy (non-hydrogen) atoms. The Balaban J connectivity index is 2.82. The quantitative estimate of drug-likeness (QED) is 0.755. The monoisotopic (exact) mass is 237 g/mol. The number of hydrogen-bond acceptors (Lipinski definition) is 5. The smallest absolute Gasteiger partial charge is 0.183 e. The molecule has 76 valence electrons. The fourth-order valence-electron chi connectivity index (χ4n) is 1.21. The molecule has 2 rings (SSSR count). The molecule has 2 aromatic rings. The first-order valence-corrected chi connectivity index (χ1v) is 6.50. The van der Waals surface area contributed by atoms with Crippen molar-refractivity contribution in [3.8, 4) is 6.07 Å². The van der Waals surface area contributed by atoms with E-state index >= 15 is 0 Å². The average Bonchev–Trinajstić information content (AvgIpc) is 2.61. The molecule has 0 fully saturated rings.